The van der Waals surface area contributed by atoms with E-state index in [-0.39, 0.29) is 31.3 Å². The molecule has 136 valence electrons. The molecule has 0 saturated heterocycles. The molecule has 0 heterocycles. The number of hydrogen-bond acceptors (Lipinski definition) is 5. The zero-order valence-electron chi connectivity index (χ0n) is 14.5. The lowest BCUT2D eigenvalue weighted by Gasteiger charge is -2.18. The van der Waals surface area contributed by atoms with Crippen LogP contribution in [0.5, 0.6) is 11.5 Å². The molecule has 0 spiro atoms. The quantitative estimate of drug-likeness (QED) is 0.513. The number of benzene rings is 1. The molecule has 0 amide bonds. The SMILES string of the molecule is CCOc1ccc(OCCCCOC(=O)OC(C)(C)C)c(F)c1F. The summed E-state index contributed by atoms with van der Waals surface area (Å²) in [5, 5.41) is 0. The highest BCUT2D eigenvalue weighted by atomic mass is 19.2. The molecule has 0 unspecified atom stereocenters. The van der Waals surface area contributed by atoms with Crippen LogP contribution < -0.4 is 9.47 Å². The number of hydrogen-bond donors (Lipinski definition) is 0. The van der Waals surface area contributed by atoms with E-state index in [4.69, 9.17) is 18.9 Å². The summed E-state index contributed by atoms with van der Waals surface area (Å²) in [5.41, 5.74) is -0.602. The molecule has 1 aromatic carbocycles. The zero-order chi connectivity index (χ0) is 18.2. The first kappa shape index (κ1) is 20.0. The molecule has 24 heavy (non-hydrogen) atoms. The van der Waals surface area contributed by atoms with Crippen molar-refractivity contribution in [1.29, 1.82) is 0 Å². The van der Waals surface area contributed by atoms with E-state index < -0.39 is 23.4 Å². The number of halogens is 2. The van der Waals surface area contributed by atoms with Crippen molar-refractivity contribution >= 4 is 6.16 Å². The zero-order valence-corrected chi connectivity index (χ0v) is 14.5. The third kappa shape index (κ3) is 7.02. The van der Waals surface area contributed by atoms with Gasteiger partial charge in [0.15, 0.2) is 11.5 Å². The molecule has 0 fully saturated rings. The minimum atomic E-state index is -1.08. The van der Waals surface area contributed by atoms with E-state index in [0.717, 1.165) is 0 Å². The number of carbonyl (C=O) groups excluding carboxylic acids is 1. The molecule has 5 nitrogen and oxygen atoms in total. The van der Waals surface area contributed by atoms with Crippen LogP contribution in [0.2, 0.25) is 0 Å². The maximum Gasteiger partial charge on any atom is 0.508 e. The topological polar surface area (TPSA) is 54.0 Å². The molecule has 0 aliphatic rings. The molecule has 1 aromatic rings. The van der Waals surface area contributed by atoms with Crippen molar-refractivity contribution in [2.45, 2.75) is 46.1 Å². The van der Waals surface area contributed by atoms with Crippen molar-refractivity contribution in [2.24, 2.45) is 0 Å². The van der Waals surface area contributed by atoms with Crippen molar-refractivity contribution in [3.05, 3.63) is 23.8 Å². The Kier molecular flexibility index (Phi) is 7.74. The Morgan fingerprint density at radius 3 is 2.08 bits per heavy atom. The standard InChI is InChI=1S/C17H24F2O5/c1-5-21-12-8-9-13(15(19)14(12)18)22-10-6-7-11-23-16(20)24-17(2,3)4/h8-9H,5-7,10-11H2,1-4H3. The van der Waals surface area contributed by atoms with Crippen LogP contribution in [-0.4, -0.2) is 31.6 Å². The van der Waals surface area contributed by atoms with Crippen LogP contribution in [-0.2, 0) is 9.47 Å². The van der Waals surface area contributed by atoms with Gasteiger partial charge in [-0.2, -0.15) is 8.78 Å². The van der Waals surface area contributed by atoms with E-state index in [0.29, 0.717) is 12.8 Å². The lowest BCUT2D eigenvalue weighted by Crippen LogP contribution is -2.24. The Labute approximate surface area is 140 Å². The lowest BCUT2D eigenvalue weighted by molar-refractivity contribution is -0.00795. The second kappa shape index (κ2) is 9.30. The van der Waals surface area contributed by atoms with E-state index in [1.54, 1.807) is 27.7 Å². The van der Waals surface area contributed by atoms with Gasteiger partial charge in [-0.25, -0.2) is 4.79 Å². The molecular weight excluding hydrogens is 322 g/mol. The molecule has 7 heteroatoms. The largest absolute Gasteiger partial charge is 0.508 e. The summed E-state index contributed by atoms with van der Waals surface area (Å²) in [6, 6.07) is 2.64. The van der Waals surface area contributed by atoms with Crippen molar-refractivity contribution in [3.8, 4) is 11.5 Å². The summed E-state index contributed by atoms with van der Waals surface area (Å²) < 4.78 is 47.4. The van der Waals surface area contributed by atoms with E-state index in [1.165, 1.54) is 12.1 Å². The molecule has 0 aliphatic carbocycles. The normalized spacial score (nSPS) is 11.1. The van der Waals surface area contributed by atoms with Crippen LogP contribution in [0.4, 0.5) is 13.6 Å². The Morgan fingerprint density at radius 2 is 1.54 bits per heavy atom. The molecule has 0 atom stereocenters. The minimum Gasteiger partial charge on any atom is -0.491 e. The van der Waals surface area contributed by atoms with E-state index >= 15 is 0 Å². The van der Waals surface area contributed by atoms with Gasteiger partial charge in [-0.3, -0.25) is 0 Å². The first-order valence-corrected chi connectivity index (χ1v) is 7.84. The van der Waals surface area contributed by atoms with Gasteiger partial charge < -0.3 is 18.9 Å². The maximum absolute atomic E-state index is 13.8. The third-order valence-electron chi connectivity index (χ3n) is 2.72. The average molecular weight is 346 g/mol. The van der Waals surface area contributed by atoms with Gasteiger partial charge in [0.2, 0.25) is 11.6 Å². The summed E-state index contributed by atoms with van der Waals surface area (Å²) in [4.78, 5) is 11.3. The molecular formula is C17H24F2O5. The fraction of sp³-hybridized carbons (Fsp3) is 0.588. The fourth-order valence-electron chi connectivity index (χ4n) is 1.71. The van der Waals surface area contributed by atoms with Crippen LogP contribution in [0, 0.1) is 11.6 Å². The summed E-state index contributed by atoms with van der Waals surface area (Å²) in [5.74, 6) is -2.47. The highest BCUT2D eigenvalue weighted by molar-refractivity contribution is 5.60. The van der Waals surface area contributed by atoms with Crippen LogP contribution in [0.3, 0.4) is 0 Å². The number of unbranched alkanes of at least 4 members (excludes halogenated alkanes) is 1. The van der Waals surface area contributed by atoms with Gasteiger partial charge >= 0.3 is 6.16 Å². The van der Waals surface area contributed by atoms with Crippen LogP contribution >= 0.6 is 0 Å². The van der Waals surface area contributed by atoms with Gasteiger partial charge in [0, 0.05) is 0 Å². The predicted octanol–water partition coefficient (Wildman–Crippen LogP) is 4.47. The number of rotatable bonds is 8. The smallest absolute Gasteiger partial charge is 0.491 e. The minimum absolute atomic E-state index is 0.145. The molecule has 1 rings (SSSR count). The molecule has 0 aliphatic heterocycles. The summed E-state index contributed by atoms with van der Waals surface area (Å²) >= 11 is 0. The van der Waals surface area contributed by atoms with E-state index in [1.807, 2.05) is 0 Å². The van der Waals surface area contributed by atoms with E-state index in [2.05, 4.69) is 0 Å². The summed E-state index contributed by atoms with van der Waals surface area (Å²) in [6.07, 6.45) is 0.292. The Bertz CT molecular complexity index is 541. The molecule has 0 bridgehead atoms. The van der Waals surface area contributed by atoms with Crippen molar-refractivity contribution in [1.82, 2.24) is 0 Å². The summed E-state index contributed by atoms with van der Waals surface area (Å²) in [6.45, 7) is 7.49. The van der Waals surface area contributed by atoms with Gasteiger partial charge in [0.1, 0.15) is 5.60 Å². The van der Waals surface area contributed by atoms with Gasteiger partial charge in [-0.05, 0) is 52.7 Å². The lowest BCUT2D eigenvalue weighted by atomic mass is 10.2. The second-order valence-electron chi connectivity index (χ2n) is 5.99. The highest BCUT2D eigenvalue weighted by Crippen LogP contribution is 2.27. The average Bonchev–Trinajstić information content (AvgIpc) is 2.48. The molecule has 0 aromatic heterocycles. The van der Waals surface area contributed by atoms with Crippen LogP contribution in [0.1, 0.15) is 40.5 Å². The Morgan fingerprint density at radius 1 is 1.00 bits per heavy atom. The Balaban J connectivity index is 2.29. The van der Waals surface area contributed by atoms with Gasteiger partial charge in [-0.15, -0.1) is 0 Å². The highest BCUT2D eigenvalue weighted by Gasteiger charge is 2.17. The predicted molar refractivity (Wildman–Crippen MR) is 84.4 cm³/mol. The third-order valence-corrected chi connectivity index (χ3v) is 2.72. The van der Waals surface area contributed by atoms with Gasteiger partial charge in [-0.1, -0.05) is 0 Å². The first-order valence-electron chi connectivity index (χ1n) is 7.84. The molecule has 0 N–H and O–H groups in total. The van der Waals surface area contributed by atoms with Crippen LogP contribution in [0.15, 0.2) is 12.1 Å². The van der Waals surface area contributed by atoms with E-state index in [9.17, 15) is 13.6 Å². The van der Waals surface area contributed by atoms with Gasteiger partial charge in [0.25, 0.3) is 0 Å². The Hall–Kier alpha value is -2.05. The monoisotopic (exact) mass is 346 g/mol. The van der Waals surface area contributed by atoms with Gasteiger partial charge in [0.05, 0.1) is 19.8 Å². The maximum atomic E-state index is 13.8. The molecule has 0 saturated carbocycles. The second-order valence-corrected chi connectivity index (χ2v) is 5.99. The van der Waals surface area contributed by atoms with Crippen LogP contribution in [0.25, 0.3) is 0 Å². The number of carbonyl (C=O) groups is 1. The summed E-state index contributed by atoms with van der Waals surface area (Å²) in [7, 11) is 0. The number of ether oxygens (including phenoxy) is 4. The first-order chi connectivity index (χ1) is 11.2. The van der Waals surface area contributed by atoms with Crippen molar-refractivity contribution < 1.29 is 32.5 Å². The fourth-order valence-corrected chi connectivity index (χ4v) is 1.71. The van der Waals surface area contributed by atoms with Crippen molar-refractivity contribution in [3.63, 3.8) is 0 Å². The van der Waals surface area contributed by atoms with Crippen molar-refractivity contribution in [2.75, 3.05) is 19.8 Å². The molecule has 0 radical (unpaired) electrons.